The number of anilines is 2. The van der Waals surface area contributed by atoms with Crippen LogP contribution in [0.4, 0.5) is 24.7 Å². The first-order valence-corrected chi connectivity index (χ1v) is 14.5. The summed E-state index contributed by atoms with van der Waals surface area (Å²) in [5, 5.41) is 1.67. The zero-order valence-corrected chi connectivity index (χ0v) is 23.6. The van der Waals surface area contributed by atoms with Gasteiger partial charge in [-0.2, -0.15) is 0 Å². The van der Waals surface area contributed by atoms with Gasteiger partial charge in [0.15, 0.2) is 0 Å². The van der Waals surface area contributed by atoms with Crippen molar-refractivity contribution in [3.63, 3.8) is 0 Å². The molecule has 2 atom stereocenters. The second-order valence-corrected chi connectivity index (χ2v) is 11.4. The summed E-state index contributed by atoms with van der Waals surface area (Å²) in [5.41, 5.74) is 2.96. The first kappa shape index (κ1) is 28.8. The molecule has 3 aromatic rings. The highest BCUT2D eigenvalue weighted by Gasteiger charge is 2.46. The molecule has 0 radical (unpaired) electrons. The molecular formula is C30H31F3N4O3S. The molecule has 0 unspecified atom stereocenters. The number of likely N-dealkylation sites (N-methyl/N-ethyl adjacent to an activating group) is 1. The van der Waals surface area contributed by atoms with E-state index in [0.717, 1.165) is 5.56 Å². The van der Waals surface area contributed by atoms with Crippen LogP contribution in [0.5, 0.6) is 0 Å². The van der Waals surface area contributed by atoms with Crippen molar-refractivity contribution in [3.8, 4) is 0 Å². The molecule has 2 heterocycles. The van der Waals surface area contributed by atoms with Crippen molar-refractivity contribution >= 4 is 40.6 Å². The lowest BCUT2D eigenvalue weighted by atomic mass is 9.90. The Morgan fingerprint density at radius 1 is 1.10 bits per heavy atom. The number of nitrogens with zero attached hydrogens (tertiary/aromatic N) is 4. The van der Waals surface area contributed by atoms with Crippen molar-refractivity contribution < 1.29 is 27.6 Å². The van der Waals surface area contributed by atoms with Crippen LogP contribution in [0.15, 0.2) is 59.4 Å². The van der Waals surface area contributed by atoms with E-state index in [0.29, 0.717) is 11.4 Å². The van der Waals surface area contributed by atoms with E-state index in [9.17, 15) is 27.6 Å². The van der Waals surface area contributed by atoms with Crippen LogP contribution in [0.3, 0.4) is 0 Å². The Kier molecular flexibility index (Phi) is 8.17. The highest BCUT2D eigenvalue weighted by atomic mass is 32.1. The summed E-state index contributed by atoms with van der Waals surface area (Å²) >= 11 is 1.28. The Bertz CT molecular complexity index is 1420. The van der Waals surface area contributed by atoms with Crippen molar-refractivity contribution in [2.75, 3.05) is 16.8 Å². The predicted molar refractivity (Wildman–Crippen MR) is 150 cm³/mol. The number of benzene rings is 2. The molecule has 0 spiro atoms. The highest BCUT2D eigenvalue weighted by Crippen LogP contribution is 2.39. The molecule has 1 aromatic heterocycles. The molecule has 1 aliphatic heterocycles. The van der Waals surface area contributed by atoms with Gasteiger partial charge in [0.2, 0.25) is 17.7 Å². The molecule has 2 fully saturated rings. The maximum absolute atomic E-state index is 14.6. The maximum atomic E-state index is 14.6. The number of alkyl halides is 2. The first-order valence-electron chi connectivity index (χ1n) is 13.6. The van der Waals surface area contributed by atoms with E-state index in [2.05, 4.69) is 4.98 Å². The van der Waals surface area contributed by atoms with Crippen LogP contribution in [-0.4, -0.2) is 52.7 Å². The average Bonchev–Trinajstić information content (AvgIpc) is 3.61. The van der Waals surface area contributed by atoms with Crippen LogP contribution in [0, 0.1) is 12.7 Å². The van der Waals surface area contributed by atoms with Gasteiger partial charge < -0.3 is 4.90 Å². The first-order chi connectivity index (χ1) is 19.6. The van der Waals surface area contributed by atoms with Crippen LogP contribution in [0.25, 0.3) is 0 Å². The minimum absolute atomic E-state index is 0.115. The second-order valence-electron chi connectivity index (χ2n) is 10.6. The fourth-order valence-corrected chi connectivity index (χ4v) is 6.31. The smallest absolute Gasteiger partial charge is 0.251 e. The van der Waals surface area contributed by atoms with Gasteiger partial charge in [0.05, 0.1) is 5.51 Å². The lowest BCUT2D eigenvalue weighted by molar-refractivity contribution is -0.138. The zero-order valence-electron chi connectivity index (χ0n) is 22.8. The second kappa shape index (κ2) is 11.6. The number of carbonyl (C=O) groups is 3. The number of hydrogen-bond donors (Lipinski definition) is 0. The number of carbonyl (C=O) groups excluding carboxylic acids is 3. The van der Waals surface area contributed by atoms with Crippen molar-refractivity contribution in [2.24, 2.45) is 0 Å². The minimum atomic E-state index is -2.77. The topological polar surface area (TPSA) is 73.8 Å². The number of amides is 3. The summed E-state index contributed by atoms with van der Waals surface area (Å²) in [6.45, 7) is 1.81. The normalized spacial score (nSPS) is 19.7. The SMILES string of the molecule is Cc1ccccc1[C@@H](C(=O)N(C)C1CCC(F)(F)CC1)N(C(=O)[C@@H]1CCC(=O)N1c1cscn1)c1cccc(F)c1. The maximum Gasteiger partial charge on any atom is 0.251 e. The molecule has 216 valence electrons. The van der Waals surface area contributed by atoms with Crippen LogP contribution < -0.4 is 9.80 Å². The molecule has 0 bridgehead atoms. The van der Waals surface area contributed by atoms with Gasteiger partial charge >= 0.3 is 0 Å². The van der Waals surface area contributed by atoms with E-state index in [-0.39, 0.29) is 50.1 Å². The number of hydrogen-bond acceptors (Lipinski definition) is 5. The summed E-state index contributed by atoms with van der Waals surface area (Å²) < 4.78 is 42.5. The number of rotatable bonds is 7. The lowest BCUT2D eigenvalue weighted by Gasteiger charge is -2.40. The molecule has 1 saturated heterocycles. The third-order valence-corrected chi connectivity index (χ3v) is 8.62. The van der Waals surface area contributed by atoms with E-state index in [4.69, 9.17) is 0 Å². The number of aryl methyl sites for hydroxylation is 1. The molecule has 2 aliphatic rings. The van der Waals surface area contributed by atoms with Gasteiger partial charge in [0, 0.05) is 43.4 Å². The number of halogens is 3. The zero-order chi connectivity index (χ0) is 29.3. The van der Waals surface area contributed by atoms with Crippen molar-refractivity contribution in [3.05, 3.63) is 76.4 Å². The molecule has 0 N–H and O–H groups in total. The molecule has 1 saturated carbocycles. The van der Waals surface area contributed by atoms with Gasteiger partial charge in [0.1, 0.15) is 23.7 Å². The molecule has 1 aliphatic carbocycles. The van der Waals surface area contributed by atoms with Crippen LogP contribution >= 0.6 is 11.3 Å². The number of aromatic nitrogens is 1. The Morgan fingerprint density at radius 2 is 1.83 bits per heavy atom. The third kappa shape index (κ3) is 5.86. The summed E-state index contributed by atoms with van der Waals surface area (Å²) in [6.07, 6.45) is -0.0998. The summed E-state index contributed by atoms with van der Waals surface area (Å²) in [5.74, 6) is -4.33. The van der Waals surface area contributed by atoms with E-state index >= 15 is 0 Å². The summed E-state index contributed by atoms with van der Waals surface area (Å²) in [4.78, 5) is 50.2. The standard InChI is InChI=1S/C30H31F3N4O3S/c1-19-6-3-4-9-23(19)27(29(40)35(2)21-12-14-30(32,33)15-13-21)36(22-8-5-7-20(31)16-22)28(39)24-10-11-26(38)37(24)25-17-41-18-34-25/h3-9,16-18,21,24,27H,10-15H2,1-2H3/t24-,27-/m0/s1. The molecule has 7 nitrogen and oxygen atoms in total. The predicted octanol–water partition coefficient (Wildman–Crippen LogP) is 5.90. The van der Waals surface area contributed by atoms with Crippen molar-refractivity contribution in [1.82, 2.24) is 9.88 Å². The molecule has 2 aromatic carbocycles. The molecule has 3 amide bonds. The largest absolute Gasteiger partial charge is 0.341 e. The van der Waals surface area contributed by atoms with Crippen molar-refractivity contribution in [2.45, 2.75) is 69.5 Å². The van der Waals surface area contributed by atoms with E-state index in [1.165, 1.54) is 44.2 Å². The molecule has 11 heteroatoms. The highest BCUT2D eigenvalue weighted by molar-refractivity contribution is 7.07. The van der Waals surface area contributed by atoms with Gasteiger partial charge in [-0.15, -0.1) is 11.3 Å². The van der Waals surface area contributed by atoms with Crippen LogP contribution in [0.2, 0.25) is 0 Å². The Balaban J connectivity index is 1.61. The minimum Gasteiger partial charge on any atom is -0.341 e. The summed E-state index contributed by atoms with van der Waals surface area (Å²) in [7, 11) is 1.57. The fourth-order valence-electron chi connectivity index (χ4n) is 5.78. The van der Waals surface area contributed by atoms with Crippen molar-refractivity contribution in [1.29, 1.82) is 0 Å². The Morgan fingerprint density at radius 3 is 2.49 bits per heavy atom. The molecular weight excluding hydrogens is 553 g/mol. The Labute approximate surface area is 240 Å². The van der Waals surface area contributed by atoms with Crippen LogP contribution in [-0.2, 0) is 14.4 Å². The number of thiazole rings is 1. The van der Waals surface area contributed by atoms with Gasteiger partial charge in [-0.3, -0.25) is 24.2 Å². The monoisotopic (exact) mass is 584 g/mol. The van der Waals surface area contributed by atoms with Gasteiger partial charge in [-0.05, 0) is 55.5 Å². The Hall–Kier alpha value is -3.73. The van der Waals surface area contributed by atoms with Gasteiger partial charge in [-0.1, -0.05) is 30.3 Å². The van der Waals surface area contributed by atoms with Crippen LogP contribution in [0.1, 0.15) is 55.7 Å². The molecule has 41 heavy (non-hydrogen) atoms. The third-order valence-electron chi connectivity index (χ3n) is 8.04. The fraction of sp³-hybridized carbons (Fsp3) is 0.400. The van der Waals surface area contributed by atoms with E-state index in [1.807, 2.05) is 13.0 Å². The lowest BCUT2D eigenvalue weighted by Crippen LogP contribution is -2.53. The average molecular weight is 585 g/mol. The quantitative estimate of drug-likeness (QED) is 0.347. The van der Waals surface area contributed by atoms with Gasteiger partial charge in [-0.25, -0.2) is 18.2 Å². The van der Waals surface area contributed by atoms with Gasteiger partial charge in [0.25, 0.3) is 5.91 Å². The summed E-state index contributed by atoms with van der Waals surface area (Å²) in [6, 6.07) is 9.88. The van der Waals surface area contributed by atoms with E-state index < -0.39 is 41.7 Å². The molecule has 5 rings (SSSR count). The van der Waals surface area contributed by atoms with E-state index in [1.54, 1.807) is 42.2 Å².